The quantitative estimate of drug-likeness (QED) is 0.594. The van der Waals surface area contributed by atoms with Gasteiger partial charge in [0.05, 0.1) is 22.6 Å². The molecule has 28 heavy (non-hydrogen) atoms. The number of anilines is 1. The van der Waals surface area contributed by atoms with E-state index in [0.29, 0.717) is 16.1 Å². The van der Waals surface area contributed by atoms with Gasteiger partial charge in [0.2, 0.25) is 5.91 Å². The topological polar surface area (TPSA) is 59.1 Å². The van der Waals surface area contributed by atoms with Crippen LogP contribution in [0.2, 0.25) is 0 Å². The van der Waals surface area contributed by atoms with Crippen molar-refractivity contribution in [3.63, 3.8) is 0 Å². The number of halogens is 3. The standard InChI is InChI=1S/C20H15F3N2O2S/c1-12(26)18-17(14-5-3-2-4-6-14)25-19(28-18)24-16(27)11-13-7-9-15(10-8-13)20(21,22)23/h2-10H,11H2,1H3,(H,24,25,27). The Morgan fingerprint density at radius 2 is 1.68 bits per heavy atom. The SMILES string of the molecule is CC(=O)c1sc(NC(=O)Cc2ccc(C(F)(F)F)cc2)nc1-c1ccccc1. The van der Waals surface area contributed by atoms with Crippen LogP contribution in [0.5, 0.6) is 0 Å². The number of carbonyl (C=O) groups is 2. The smallest absolute Gasteiger partial charge is 0.302 e. The molecule has 0 fully saturated rings. The van der Waals surface area contributed by atoms with E-state index in [-0.39, 0.29) is 17.3 Å². The summed E-state index contributed by atoms with van der Waals surface area (Å²) in [5.74, 6) is -0.595. The molecule has 1 aromatic heterocycles. The average molecular weight is 404 g/mol. The van der Waals surface area contributed by atoms with Gasteiger partial charge in [0.25, 0.3) is 0 Å². The second-order valence-electron chi connectivity index (χ2n) is 6.04. The van der Waals surface area contributed by atoms with Crippen molar-refractivity contribution in [3.8, 4) is 11.3 Å². The Hall–Kier alpha value is -3.00. The number of rotatable bonds is 5. The highest BCUT2D eigenvalue weighted by molar-refractivity contribution is 7.18. The lowest BCUT2D eigenvalue weighted by molar-refractivity contribution is -0.137. The van der Waals surface area contributed by atoms with Crippen LogP contribution >= 0.6 is 11.3 Å². The number of carbonyl (C=O) groups excluding carboxylic acids is 2. The lowest BCUT2D eigenvalue weighted by atomic mass is 10.1. The number of Topliss-reactive ketones (excluding diaryl/α,β-unsaturated/α-hetero) is 1. The number of amides is 1. The zero-order chi connectivity index (χ0) is 20.3. The van der Waals surface area contributed by atoms with Gasteiger partial charge in [0.1, 0.15) is 0 Å². The first-order chi connectivity index (χ1) is 13.2. The normalized spacial score (nSPS) is 11.3. The molecular formula is C20H15F3N2O2S. The van der Waals surface area contributed by atoms with Crippen LogP contribution in [-0.2, 0) is 17.4 Å². The Balaban J connectivity index is 1.75. The van der Waals surface area contributed by atoms with E-state index >= 15 is 0 Å². The molecule has 1 heterocycles. The number of benzene rings is 2. The number of thiazole rings is 1. The summed E-state index contributed by atoms with van der Waals surface area (Å²) in [6.07, 6.45) is -4.52. The highest BCUT2D eigenvalue weighted by atomic mass is 32.1. The summed E-state index contributed by atoms with van der Waals surface area (Å²) in [6, 6.07) is 13.5. The Bertz CT molecular complexity index is 997. The van der Waals surface area contributed by atoms with Gasteiger partial charge >= 0.3 is 6.18 Å². The highest BCUT2D eigenvalue weighted by Crippen LogP contribution is 2.32. The third-order valence-corrected chi connectivity index (χ3v) is 4.96. The summed E-state index contributed by atoms with van der Waals surface area (Å²) in [7, 11) is 0. The van der Waals surface area contributed by atoms with E-state index in [1.54, 1.807) is 0 Å². The van der Waals surface area contributed by atoms with Gasteiger partial charge in [-0.25, -0.2) is 4.98 Å². The molecule has 0 aliphatic rings. The molecule has 0 bridgehead atoms. The minimum absolute atomic E-state index is 0.103. The molecule has 0 radical (unpaired) electrons. The highest BCUT2D eigenvalue weighted by Gasteiger charge is 2.30. The van der Waals surface area contributed by atoms with E-state index in [9.17, 15) is 22.8 Å². The molecule has 0 unspecified atom stereocenters. The zero-order valence-corrected chi connectivity index (χ0v) is 15.5. The predicted octanol–water partition coefficient (Wildman–Crippen LogP) is 5.21. The molecule has 0 spiro atoms. The van der Waals surface area contributed by atoms with Gasteiger partial charge in [-0.05, 0) is 17.7 Å². The molecule has 1 N–H and O–H groups in total. The van der Waals surface area contributed by atoms with Gasteiger partial charge < -0.3 is 5.32 Å². The first kappa shape index (κ1) is 19.8. The second kappa shape index (κ2) is 7.93. The van der Waals surface area contributed by atoms with Crippen LogP contribution in [0.15, 0.2) is 54.6 Å². The fourth-order valence-corrected chi connectivity index (χ4v) is 3.46. The van der Waals surface area contributed by atoms with Gasteiger partial charge in [0, 0.05) is 12.5 Å². The summed E-state index contributed by atoms with van der Waals surface area (Å²) in [5, 5.41) is 2.88. The van der Waals surface area contributed by atoms with Crippen LogP contribution < -0.4 is 5.32 Å². The molecule has 4 nitrogen and oxygen atoms in total. The monoisotopic (exact) mass is 404 g/mol. The van der Waals surface area contributed by atoms with Crippen LogP contribution in [-0.4, -0.2) is 16.7 Å². The third kappa shape index (κ3) is 4.64. The third-order valence-electron chi connectivity index (χ3n) is 3.89. The van der Waals surface area contributed by atoms with Crippen molar-refractivity contribution in [2.45, 2.75) is 19.5 Å². The maximum atomic E-state index is 12.6. The lowest BCUT2D eigenvalue weighted by Crippen LogP contribution is -2.14. The summed E-state index contributed by atoms with van der Waals surface area (Å²) in [4.78, 5) is 28.9. The van der Waals surface area contributed by atoms with Crippen molar-refractivity contribution >= 4 is 28.2 Å². The largest absolute Gasteiger partial charge is 0.416 e. The number of aromatic nitrogens is 1. The van der Waals surface area contributed by atoms with Gasteiger partial charge in [0.15, 0.2) is 10.9 Å². The van der Waals surface area contributed by atoms with E-state index in [1.807, 2.05) is 30.3 Å². The average Bonchev–Trinajstić information content (AvgIpc) is 3.06. The zero-order valence-electron chi connectivity index (χ0n) is 14.7. The molecule has 3 aromatic rings. The molecule has 0 aliphatic carbocycles. The van der Waals surface area contributed by atoms with Crippen LogP contribution in [0.25, 0.3) is 11.3 Å². The Morgan fingerprint density at radius 1 is 1.04 bits per heavy atom. The summed E-state index contributed by atoms with van der Waals surface area (Å²) >= 11 is 1.07. The molecule has 0 saturated heterocycles. The maximum absolute atomic E-state index is 12.6. The molecular weight excluding hydrogens is 389 g/mol. The minimum atomic E-state index is -4.42. The summed E-state index contributed by atoms with van der Waals surface area (Å²) < 4.78 is 37.8. The lowest BCUT2D eigenvalue weighted by Gasteiger charge is -2.07. The Morgan fingerprint density at radius 3 is 2.25 bits per heavy atom. The van der Waals surface area contributed by atoms with Crippen molar-refractivity contribution in [1.82, 2.24) is 4.98 Å². The number of nitrogens with one attached hydrogen (secondary N) is 1. The van der Waals surface area contributed by atoms with Crippen LogP contribution in [0, 0.1) is 0 Å². The number of alkyl halides is 3. The number of hydrogen-bond acceptors (Lipinski definition) is 4. The molecule has 0 aliphatic heterocycles. The van der Waals surface area contributed by atoms with Gasteiger partial charge in [-0.15, -0.1) is 0 Å². The molecule has 144 valence electrons. The van der Waals surface area contributed by atoms with Crippen molar-refractivity contribution in [3.05, 3.63) is 70.6 Å². The summed E-state index contributed by atoms with van der Waals surface area (Å²) in [6.45, 7) is 1.42. The van der Waals surface area contributed by atoms with Gasteiger partial charge in [-0.2, -0.15) is 13.2 Å². The first-order valence-corrected chi connectivity index (χ1v) is 9.09. The van der Waals surface area contributed by atoms with Crippen molar-refractivity contribution < 1.29 is 22.8 Å². The number of ketones is 1. The molecule has 0 atom stereocenters. The molecule has 1 amide bonds. The van der Waals surface area contributed by atoms with Crippen LogP contribution in [0.1, 0.15) is 27.7 Å². The number of nitrogens with zero attached hydrogens (tertiary/aromatic N) is 1. The summed E-state index contributed by atoms with van der Waals surface area (Å²) in [5.41, 5.74) is 0.919. The van der Waals surface area contributed by atoms with E-state index < -0.39 is 17.6 Å². The second-order valence-corrected chi connectivity index (χ2v) is 7.04. The van der Waals surface area contributed by atoms with Gasteiger partial charge in [-0.3, -0.25) is 9.59 Å². The predicted molar refractivity (Wildman–Crippen MR) is 101 cm³/mol. The first-order valence-electron chi connectivity index (χ1n) is 8.27. The fourth-order valence-electron chi connectivity index (χ4n) is 2.56. The van der Waals surface area contributed by atoms with Gasteiger partial charge in [-0.1, -0.05) is 53.8 Å². The number of hydrogen-bond donors (Lipinski definition) is 1. The Labute approximate surface area is 163 Å². The van der Waals surface area contributed by atoms with Crippen LogP contribution in [0.3, 0.4) is 0 Å². The fraction of sp³-hybridized carbons (Fsp3) is 0.150. The van der Waals surface area contributed by atoms with Crippen molar-refractivity contribution in [2.75, 3.05) is 5.32 Å². The minimum Gasteiger partial charge on any atom is -0.302 e. The van der Waals surface area contributed by atoms with E-state index in [0.717, 1.165) is 29.0 Å². The van der Waals surface area contributed by atoms with E-state index in [4.69, 9.17) is 0 Å². The van der Waals surface area contributed by atoms with Crippen molar-refractivity contribution in [1.29, 1.82) is 0 Å². The van der Waals surface area contributed by atoms with E-state index in [2.05, 4.69) is 10.3 Å². The maximum Gasteiger partial charge on any atom is 0.416 e. The molecule has 8 heteroatoms. The molecule has 2 aromatic carbocycles. The van der Waals surface area contributed by atoms with E-state index in [1.165, 1.54) is 19.1 Å². The van der Waals surface area contributed by atoms with Crippen LogP contribution in [0.4, 0.5) is 18.3 Å². The molecule has 0 saturated carbocycles. The molecule has 3 rings (SSSR count). The van der Waals surface area contributed by atoms with Crippen molar-refractivity contribution in [2.24, 2.45) is 0 Å². The Kier molecular flexibility index (Phi) is 5.60.